The fourth-order valence-corrected chi connectivity index (χ4v) is 2.30. The fourth-order valence-electron chi connectivity index (χ4n) is 2.11. The van der Waals surface area contributed by atoms with E-state index in [1.807, 2.05) is 6.07 Å². The predicted molar refractivity (Wildman–Crippen MR) is 76.2 cm³/mol. The van der Waals surface area contributed by atoms with Crippen LogP contribution in [0.25, 0.3) is 0 Å². The van der Waals surface area contributed by atoms with Crippen molar-refractivity contribution in [1.82, 2.24) is 9.97 Å². The number of hydrogen-bond acceptors (Lipinski definition) is 3. The Morgan fingerprint density at radius 2 is 2.11 bits per heavy atom. The van der Waals surface area contributed by atoms with Gasteiger partial charge in [-0.15, -0.1) is 0 Å². The summed E-state index contributed by atoms with van der Waals surface area (Å²) >= 11 is 6.05. The molecule has 1 aromatic heterocycles. The summed E-state index contributed by atoms with van der Waals surface area (Å²) in [6.45, 7) is 6.70. The van der Waals surface area contributed by atoms with E-state index in [-0.39, 0.29) is 0 Å². The van der Waals surface area contributed by atoms with Crippen molar-refractivity contribution in [3.63, 3.8) is 0 Å². The van der Waals surface area contributed by atoms with E-state index in [1.165, 1.54) is 19.3 Å². The molecule has 3 nitrogen and oxygen atoms in total. The molecule has 1 fully saturated rings. The Hall–Kier alpha value is -0.830. The number of rotatable bonds is 6. The molecular formula is C14H22ClN3. The van der Waals surface area contributed by atoms with Crippen LogP contribution in [0.3, 0.4) is 0 Å². The highest BCUT2D eigenvalue weighted by Gasteiger charge is 2.27. The molecule has 0 radical (unpaired) electrons. The predicted octanol–water partition coefficient (Wildman–Crippen LogP) is 4.24. The summed E-state index contributed by atoms with van der Waals surface area (Å²) in [5, 5.41) is 3.98. The fraction of sp³-hybridized carbons (Fsp3) is 0.714. The van der Waals surface area contributed by atoms with Crippen molar-refractivity contribution in [2.45, 2.75) is 58.4 Å². The maximum Gasteiger partial charge on any atom is 0.135 e. The van der Waals surface area contributed by atoms with Crippen LogP contribution in [0.4, 0.5) is 5.82 Å². The van der Waals surface area contributed by atoms with E-state index in [9.17, 15) is 0 Å². The summed E-state index contributed by atoms with van der Waals surface area (Å²) in [5.74, 6) is 3.04. The summed E-state index contributed by atoms with van der Waals surface area (Å²) in [7, 11) is 0. The summed E-state index contributed by atoms with van der Waals surface area (Å²) in [4.78, 5) is 8.86. The van der Waals surface area contributed by atoms with Crippen LogP contribution < -0.4 is 5.32 Å². The molecule has 1 aliphatic carbocycles. The molecule has 100 valence electrons. The van der Waals surface area contributed by atoms with Crippen molar-refractivity contribution < 1.29 is 0 Å². The molecule has 1 aromatic rings. The van der Waals surface area contributed by atoms with Gasteiger partial charge in [0.15, 0.2) is 0 Å². The van der Waals surface area contributed by atoms with Gasteiger partial charge < -0.3 is 5.32 Å². The minimum atomic E-state index is 0.415. The van der Waals surface area contributed by atoms with Gasteiger partial charge in [-0.2, -0.15) is 0 Å². The second-order valence-corrected chi connectivity index (χ2v) is 5.89. The van der Waals surface area contributed by atoms with Crippen molar-refractivity contribution in [1.29, 1.82) is 0 Å². The Balaban J connectivity index is 1.99. The molecule has 0 aliphatic heterocycles. The van der Waals surface area contributed by atoms with Gasteiger partial charge in [0, 0.05) is 18.0 Å². The highest BCUT2D eigenvalue weighted by molar-refractivity contribution is 6.29. The average molecular weight is 268 g/mol. The van der Waals surface area contributed by atoms with E-state index in [1.54, 1.807) is 0 Å². The van der Waals surface area contributed by atoms with Gasteiger partial charge in [0.25, 0.3) is 0 Å². The molecule has 1 N–H and O–H groups in total. The third kappa shape index (κ3) is 3.84. The van der Waals surface area contributed by atoms with Crippen molar-refractivity contribution in [3.8, 4) is 0 Å². The molecule has 1 saturated carbocycles. The summed E-state index contributed by atoms with van der Waals surface area (Å²) < 4.78 is 0. The smallest absolute Gasteiger partial charge is 0.135 e. The van der Waals surface area contributed by atoms with E-state index in [0.29, 0.717) is 17.1 Å². The first kappa shape index (κ1) is 13.6. The molecule has 0 aromatic carbocycles. The maximum atomic E-state index is 6.05. The van der Waals surface area contributed by atoms with Crippen molar-refractivity contribution in [3.05, 3.63) is 17.0 Å². The minimum absolute atomic E-state index is 0.415. The number of hydrogen-bond donors (Lipinski definition) is 1. The first-order valence-corrected chi connectivity index (χ1v) is 7.27. The van der Waals surface area contributed by atoms with E-state index < -0.39 is 0 Å². The third-order valence-electron chi connectivity index (χ3n) is 3.50. The Bertz CT molecular complexity index is 404. The highest BCUT2D eigenvalue weighted by atomic mass is 35.5. The SMILES string of the molecule is CCC(C)CC(C)Nc1cc(Cl)nc(C2CC2)n1. The van der Waals surface area contributed by atoms with Crippen LogP contribution in [0.15, 0.2) is 6.07 Å². The summed E-state index contributed by atoms with van der Waals surface area (Å²) in [5.41, 5.74) is 0. The summed E-state index contributed by atoms with van der Waals surface area (Å²) in [6.07, 6.45) is 4.76. The molecule has 1 aliphatic rings. The first-order valence-electron chi connectivity index (χ1n) is 6.89. The number of aromatic nitrogens is 2. The van der Waals surface area contributed by atoms with Crippen LogP contribution >= 0.6 is 11.6 Å². The van der Waals surface area contributed by atoms with E-state index in [4.69, 9.17) is 11.6 Å². The van der Waals surface area contributed by atoms with E-state index >= 15 is 0 Å². The lowest BCUT2D eigenvalue weighted by Gasteiger charge is -2.18. The quantitative estimate of drug-likeness (QED) is 0.783. The van der Waals surface area contributed by atoms with Gasteiger partial charge in [-0.3, -0.25) is 0 Å². The molecule has 0 spiro atoms. The van der Waals surface area contributed by atoms with Gasteiger partial charge in [-0.25, -0.2) is 9.97 Å². The third-order valence-corrected chi connectivity index (χ3v) is 3.70. The molecule has 4 heteroatoms. The second kappa shape index (κ2) is 5.87. The van der Waals surface area contributed by atoms with Crippen LogP contribution in [-0.2, 0) is 0 Å². The Kier molecular flexibility index (Phi) is 4.44. The first-order chi connectivity index (χ1) is 8.58. The lowest BCUT2D eigenvalue weighted by Crippen LogP contribution is -2.19. The van der Waals surface area contributed by atoms with Gasteiger partial charge in [-0.1, -0.05) is 31.9 Å². The van der Waals surface area contributed by atoms with Crippen LogP contribution in [0, 0.1) is 5.92 Å². The topological polar surface area (TPSA) is 37.8 Å². The van der Waals surface area contributed by atoms with Gasteiger partial charge >= 0.3 is 0 Å². The molecule has 0 saturated heterocycles. The van der Waals surface area contributed by atoms with Gasteiger partial charge in [0.1, 0.15) is 16.8 Å². The second-order valence-electron chi connectivity index (χ2n) is 5.50. The zero-order valence-corrected chi connectivity index (χ0v) is 12.2. The molecule has 1 heterocycles. The molecule has 0 amide bonds. The summed E-state index contributed by atoms with van der Waals surface area (Å²) in [6, 6.07) is 2.23. The Morgan fingerprint density at radius 3 is 2.72 bits per heavy atom. The number of anilines is 1. The highest BCUT2D eigenvalue weighted by Crippen LogP contribution is 2.38. The molecule has 18 heavy (non-hydrogen) atoms. The number of nitrogens with one attached hydrogen (secondary N) is 1. The molecule has 2 atom stereocenters. The van der Waals surface area contributed by atoms with Gasteiger partial charge in [-0.05, 0) is 32.1 Å². The average Bonchev–Trinajstić information content (AvgIpc) is 3.11. The van der Waals surface area contributed by atoms with E-state index in [2.05, 4.69) is 36.1 Å². The van der Waals surface area contributed by atoms with E-state index in [0.717, 1.165) is 24.0 Å². The normalized spacial score (nSPS) is 18.4. The Morgan fingerprint density at radius 1 is 1.39 bits per heavy atom. The lowest BCUT2D eigenvalue weighted by molar-refractivity contribution is 0.483. The maximum absolute atomic E-state index is 6.05. The Labute approximate surface area is 114 Å². The van der Waals surface area contributed by atoms with Crippen LogP contribution in [0.2, 0.25) is 5.15 Å². The van der Waals surface area contributed by atoms with Crippen molar-refractivity contribution >= 4 is 17.4 Å². The number of halogens is 1. The zero-order valence-electron chi connectivity index (χ0n) is 11.4. The standard InChI is InChI=1S/C14H22ClN3/c1-4-9(2)7-10(3)16-13-8-12(15)17-14(18-13)11-5-6-11/h8-11H,4-7H2,1-3H3,(H,16,17,18). The molecular weight excluding hydrogens is 246 g/mol. The van der Waals surface area contributed by atoms with Gasteiger partial charge in [0.2, 0.25) is 0 Å². The molecule has 2 rings (SSSR count). The largest absolute Gasteiger partial charge is 0.367 e. The molecule has 0 bridgehead atoms. The molecule has 2 unspecified atom stereocenters. The van der Waals surface area contributed by atoms with Crippen molar-refractivity contribution in [2.75, 3.05) is 5.32 Å². The van der Waals surface area contributed by atoms with Crippen LogP contribution in [0.5, 0.6) is 0 Å². The number of nitrogens with zero attached hydrogens (tertiary/aromatic N) is 2. The van der Waals surface area contributed by atoms with Gasteiger partial charge in [0.05, 0.1) is 0 Å². The van der Waals surface area contributed by atoms with Crippen LogP contribution in [0.1, 0.15) is 58.2 Å². The zero-order chi connectivity index (χ0) is 13.1. The van der Waals surface area contributed by atoms with Crippen LogP contribution in [-0.4, -0.2) is 16.0 Å². The van der Waals surface area contributed by atoms with Crippen molar-refractivity contribution in [2.24, 2.45) is 5.92 Å². The minimum Gasteiger partial charge on any atom is -0.367 e. The lowest BCUT2D eigenvalue weighted by atomic mass is 10.0. The monoisotopic (exact) mass is 267 g/mol.